The van der Waals surface area contributed by atoms with Crippen LogP contribution in [-0.4, -0.2) is 20.9 Å². The Hall–Kier alpha value is -1.08. The summed E-state index contributed by atoms with van der Waals surface area (Å²) in [6.45, 7) is 0. The molecule has 2 aromatic rings. The molecule has 4 nitrogen and oxygen atoms in total. The Bertz CT molecular complexity index is 712. The molecule has 21 heavy (non-hydrogen) atoms. The lowest BCUT2D eigenvalue weighted by Gasteiger charge is -2.09. The molecule has 0 aliphatic heterocycles. The van der Waals surface area contributed by atoms with Gasteiger partial charge in [0.15, 0.2) is 5.69 Å². The van der Waals surface area contributed by atoms with E-state index >= 15 is 0 Å². The highest BCUT2D eigenvalue weighted by atomic mass is 127. The van der Waals surface area contributed by atoms with E-state index < -0.39 is 5.97 Å². The summed E-state index contributed by atoms with van der Waals surface area (Å²) in [4.78, 5) is 11.5. The average Bonchev–Trinajstić information content (AvgIpc) is 2.63. The molecule has 1 aromatic heterocycles. The third-order valence-corrected chi connectivity index (χ3v) is 4.87. The lowest BCUT2D eigenvalue weighted by Crippen LogP contribution is -2.05. The highest BCUT2D eigenvalue weighted by Crippen LogP contribution is 2.29. The van der Waals surface area contributed by atoms with Crippen LogP contribution in [0.4, 0.5) is 0 Å². The fraction of sp³-hybridized carbons (Fsp3) is 0.333. The van der Waals surface area contributed by atoms with Crippen molar-refractivity contribution in [1.29, 1.82) is 0 Å². The van der Waals surface area contributed by atoms with Crippen molar-refractivity contribution in [3.63, 3.8) is 0 Å². The van der Waals surface area contributed by atoms with Gasteiger partial charge in [-0.3, -0.25) is 0 Å². The number of aromatic carboxylic acids is 1. The molecule has 0 radical (unpaired) electrons. The van der Waals surface area contributed by atoms with Crippen molar-refractivity contribution in [2.24, 2.45) is 0 Å². The van der Waals surface area contributed by atoms with Gasteiger partial charge in [-0.25, -0.2) is 9.48 Å². The number of fused-ring (bicyclic) bond motifs is 1. The van der Waals surface area contributed by atoms with Gasteiger partial charge in [0.25, 0.3) is 0 Å². The minimum Gasteiger partial charge on any atom is -0.476 e. The van der Waals surface area contributed by atoms with E-state index in [1.807, 2.05) is 18.2 Å². The van der Waals surface area contributed by atoms with Crippen LogP contribution in [0.25, 0.3) is 5.69 Å². The lowest BCUT2D eigenvalue weighted by atomic mass is 10.1. The number of hydrogen-bond donors (Lipinski definition) is 1. The Morgan fingerprint density at radius 1 is 1.29 bits per heavy atom. The van der Waals surface area contributed by atoms with Gasteiger partial charge in [-0.2, -0.15) is 5.10 Å². The second-order valence-electron chi connectivity index (χ2n) is 5.15. The van der Waals surface area contributed by atoms with Crippen molar-refractivity contribution in [2.45, 2.75) is 32.1 Å². The van der Waals surface area contributed by atoms with Crippen molar-refractivity contribution in [1.82, 2.24) is 9.78 Å². The number of carbonyl (C=O) groups is 1. The normalized spacial score (nSPS) is 14.6. The maximum atomic E-state index is 11.5. The molecule has 0 unspecified atom stereocenters. The zero-order valence-electron chi connectivity index (χ0n) is 11.3. The number of benzene rings is 1. The average molecular weight is 417 g/mol. The molecule has 3 rings (SSSR count). The van der Waals surface area contributed by atoms with Crippen LogP contribution in [0.5, 0.6) is 0 Å². The predicted octanol–water partition coefficient (Wildman–Crippen LogP) is 4.10. The topological polar surface area (TPSA) is 55.1 Å². The molecule has 1 aliphatic carbocycles. The molecule has 110 valence electrons. The van der Waals surface area contributed by atoms with Gasteiger partial charge in [-0.1, -0.05) is 18.0 Å². The first-order valence-electron chi connectivity index (χ1n) is 6.87. The summed E-state index contributed by atoms with van der Waals surface area (Å²) in [7, 11) is 0. The summed E-state index contributed by atoms with van der Waals surface area (Å²) in [5.74, 6) is -0.948. The molecule has 0 amide bonds. The Labute approximate surface area is 141 Å². The number of rotatable bonds is 2. The van der Waals surface area contributed by atoms with Crippen LogP contribution < -0.4 is 0 Å². The molecule has 1 aliphatic rings. The molecular weight excluding hydrogens is 403 g/mol. The van der Waals surface area contributed by atoms with Gasteiger partial charge in [-0.05, 0) is 66.5 Å². The molecular formula is C15H14ClIN2O2. The molecule has 6 heteroatoms. The maximum Gasteiger partial charge on any atom is 0.356 e. The number of nitrogens with zero attached hydrogens (tertiary/aromatic N) is 2. The monoisotopic (exact) mass is 416 g/mol. The van der Waals surface area contributed by atoms with Crippen LogP contribution in [0, 0.1) is 3.57 Å². The second-order valence-corrected chi connectivity index (χ2v) is 6.75. The smallest absolute Gasteiger partial charge is 0.356 e. The van der Waals surface area contributed by atoms with Crippen molar-refractivity contribution in [3.8, 4) is 5.69 Å². The zero-order chi connectivity index (χ0) is 15.0. The molecule has 1 aromatic carbocycles. The van der Waals surface area contributed by atoms with Crippen molar-refractivity contribution < 1.29 is 9.90 Å². The fourth-order valence-electron chi connectivity index (χ4n) is 2.80. The van der Waals surface area contributed by atoms with E-state index in [0.29, 0.717) is 5.02 Å². The van der Waals surface area contributed by atoms with E-state index in [1.54, 1.807) is 4.68 Å². The van der Waals surface area contributed by atoms with E-state index in [-0.39, 0.29) is 5.69 Å². The summed E-state index contributed by atoms with van der Waals surface area (Å²) in [5.41, 5.74) is 3.01. The lowest BCUT2D eigenvalue weighted by molar-refractivity contribution is 0.0688. The minimum atomic E-state index is -0.948. The van der Waals surface area contributed by atoms with E-state index in [4.69, 9.17) is 11.6 Å². The SMILES string of the molecule is O=C(O)c1nn(-c2ccc(Cl)cc2I)c2c1CCCCC2. The highest BCUT2D eigenvalue weighted by Gasteiger charge is 2.24. The Morgan fingerprint density at radius 2 is 2.05 bits per heavy atom. The molecule has 1 N–H and O–H groups in total. The van der Waals surface area contributed by atoms with E-state index in [2.05, 4.69) is 27.7 Å². The first-order chi connectivity index (χ1) is 10.1. The second kappa shape index (κ2) is 5.96. The predicted molar refractivity (Wildman–Crippen MR) is 89.5 cm³/mol. The standard InChI is InChI=1S/C15H14ClIN2O2/c16-9-6-7-13(11(17)8-9)19-12-5-3-1-2-4-10(12)14(18-19)15(20)21/h6-8H,1-5H2,(H,20,21). The van der Waals surface area contributed by atoms with Crippen LogP contribution in [0.3, 0.4) is 0 Å². The van der Waals surface area contributed by atoms with Gasteiger partial charge >= 0.3 is 5.97 Å². The quantitative estimate of drug-likeness (QED) is 0.592. The van der Waals surface area contributed by atoms with Crippen molar-refractivity contribution in [2.75, 3.05) is 0 Å². The summed E-state index contributed by atoms with van der Waals surface area (Å²) in [6, 6.07) is 5.57. The summed E-state index contributed by atoms with van der Waals surface area (Å²) >= 11 is 8.21. The van der Waals surface area contributed by atoms with Gasteiger partial charge < -0.3 is 5.11 Å². The van der Waals surface area contributed by atoms with Crippen LogP contribution in [0.1, 0.15) is 41.0 Å². The van der Waals surface area contributed by atoms with E-state index in [0.717, 1.165) is 52.6 Å². The summed E-state index contributed by atoms with van der Waals surface area (Å²) in [5, 5.41) is 14.4. The third kappa shape index (κ3) is 2.81. The Balaban J connectivity index is 2.20. The molecule has 0 fully saturated rings. The van der Waals surface area contributed by atoms with Gasteiger partial charge in [0.2, 0.25) is 0 Å². The Morgan fingerprint density at radius 3 is 2.76 bits per heavy atom. The van der Waals surface area contributed by atoms with Crippen molar-refractivity contribution in [3.05, 3.63) is 43.7 Å². The van der Waals surface area contributed by atoms with E-state index in [1.165, 1.54) is 0 Å². The highest BCUT2D eigenvalue weighted by molar-refractivity contribution is 14.1. The van der Waals surface area contributed by atoms with Gasteiger partial charge in [0.05, 0.1) is 5.69 Å². The van der Waals surface area contributed by atoms with Crippen LogP contribution >= 0.6 is 34.2 Å². The van der Waals surface area contributed by atoms with Crippen molar-refractivity contribution >= 4 is 40.2 Å². The number of hydrogen-bond acceptors (Lipinski definition) is 2. The van der Waals surface area contributed by atoms with Crippen LogP contribution in [0.2, 0.25) is 5.02 Å². The number of aromatic nitrogens is 2. The number of carboxylic acid groups (broad SMARTS) is 1. The number of carboxylic acids is 1. The van der Waals surface area contributed by atoms with E-state index in [9.17, 15) is 9.90 Å². The molecule has 1 heterocycles. The van der Waals surface area contributed by atoms with Crippen LogP contribution in [0.15, 0.2) is 18.2 Å². The molecule has 0 atom stereocenters. The largest absolute Gasteiger partial charge is 0.476 e. The molecule has 0 saturated heterocycles. The minimum absolute atomic E-state index is 0.192. The summed E-state index contributed by atoms with van der Waals surface area (Å²) in [6.07, 6.45) is 4.89. The Kier molecular flexibility index (Phi) is 4.21. The molecule has 0 bridgehead atoms. The molecule has 0 saturated carbocycles. The first kappa shape index (κ1) is 14.8. The maximum absolute atomic E-state index is 11.5. The number of halogens is 2. The van der Waals surface area contributed by atoms with Crippen LogP contribution in [-0.2, 0) is 12.8 Å². The van der Waals surface area contributed by atoms with Gasteiger partial charge in [0, 0.05) is 19.9 Å². The van der Waals surface area contributed by atoms with Gasteiger partial charge in [0.1, 0.15) is 0 Å². The molecule has 0 spiro atoms. The fourth-order valence-corrected chi connectivity index (χ4v) is 3.90. The summed E-state index contributed by atoms with van der Waals surface area (Å²) < 4.78 is 2.76. The third-order valence-electron chi connectivity index (χ3n) is 3.77. The first-order valence-corrected chi connectivity index (χ1v) is 8.33. The van der Waals surface area contributed by atoms with Gasteiger partial charge in [-0.15, -0.1) is 0 Å². The zero-order valence-corrected chi connectivity index (χ0v) is 14.2.